The molecule has 0 aromatic heterocycles. The van der Waals surface area contributed by atoms with Crippen LogP contribution in [0.1, 0.15) is 6.92 Å². The molecule has 2 aromatic carbocycles. The highest BCUT2D eigenvalue weighted by molar-refractivity contribution is 14.1. The normalized spacial score (nSPS) is 10.1. The smallest absolute Gasteiger partial charge is 0.161 e. The van der Waals surface area contributed by atoms with Crippen molar-refractivity contribution in [1.82, 2.24) is 0 Å². The molecule has 3 nitrogen and oxygen atoms in total. The fraction of sp³-hybridized carbons (Fsp3) is 0.250. The Kier molecular flexibility index (Phi) is 5.98. The van der Waals surface area contributed by atoms with Gasteiger partial charge in [0.05, 0.1) is 6.61 Å². The van der Waals surface area contributed by atoms with Crippen LogP contribution in [-0.4, -0.2) is 19.8 Å². The monoisotopic (exact) mass is 383 g/mol. The third kappa shape index (κ3) is 4.59. The molecule has 0 radical (unpaired) electrons. The van der Waals surface area contributed by atoms with Crippen molar-refractivity contribution in [2.75, 3.05) is 25.1 Å². The number of hydrogen-bond acceptors (Lipinski definition) is 3. The fourth-order valence-corrected chi connectivity index (χ4v) is 2.13. The Bertz CT molecular complexity index is 528. The summed E-state index contributed by atoms with van der Waals surface area (Å²) in [5, 5.41) is 3.32. The van der Waals surface area contributed by atoms with Crippen LogP contribution in [0.2, 0.25) is 0 Å². The maximum Gasteiger partial charge on any atom is 0.161 e. The molecule has 0 aliphatic heterocycles. The average molecular weight is 383 g/mol. The molecule has 2 aromatic rings. The Labute approximate surface area is 133 Å². The van der Waals surface area contributed by atoms with Gasteiger partial charge in [0.2, 0.25) is 0 Å². The molecule has 0 amide bonds. The summed E-state index contributed by atoms with van der Waals surface area (Å²) in [7, 11) is 0. The summed E-state index contributed by atoms with van der Waals surface area (Å²) < 4.78 is 12.5. The van der Waals surface area contributed by atoms with Gasteiger partial charge in [-0.2, -0.15) is 0 Å². The van der Waals surface area contributed by atoms with Crippen LogP contribution in [0, 0.1) is 3.57 Å². The molecule has 2 rings (SSSR count). The van der Waals surface area contributed by atoms with Crippen LogP contribution in [0.15, 0.2) is 48.5 Å². The van der Waals surface area contributed by atoms with Gasteiger partial charge in [0.1, 0.15) is 6.61 Å². The Morgan fingerprint density at radius 1 is 0.950 bits per heavy atom. The second-order valence-electron chi connectivity index (χ2n) is 4.16. The molecule has 0 bridgehead atoms. The zero-order valence-corrected chi connectivity index (χ0v) is 13.6. The minimum absolute atomic E-state index is 0.593. The van der Waals surface area contributed by atoms with Crippen molar-refractivity contribution in [3.8, 4) is 11.5 Å². The number of hydrogen-bond donors (Lipinski definition) is 1. The SMILES string of the molecule is CCOc1ccccc1OCCNc1ccc(I)cc1. The van der Waals surface area contributed by atoms with E-state index in [-0.39, 0.29) is 0 Å². The minimum Gasteiger partial charge on any atom is -0.490 e. The Balaban J connectivity index is 1.79. The molecule has 20 heavy (non-hydrogen) atoms. The van der Waals surface area contributed by atoms with Gasteiger partial charge < -0.3 is 14.8 Å². The second-order valence-corrected chi connectivity index (χ2v) is 5.41. The third-order valence-corrected chi connectivity index (χ3v) is 3.40. The van der Waals surface area contributed by atoms with Gasteiger partial charge in [0, 0.05) is 15.8 Å². The maximum atomic E-state index is 5.75. The van der Waals surface area contributed by atoms with E-state index in [1.807, 2.05) is 31.2 Å². The lowest BCUT2D eigenvalue weighted by Gasteiger charge is -2.12. The van der Waals surface area contributed by atoms with Crippen molar-refractivity contribution < 1.29 is 9.47 Å². The minimum atomic E-state index is 0.593. The van der Waals surface area contributed by atoms with Crippen LogP contribution < -0.4 is 14.8 Å². The first-order valence-corrected chi connectivity index (χ1v) is 7.71. The van der Waals surface area contributed by atoms with Gasteiger partial charge in [-0.05, 0) is 65.9 Å². The van der Waals surface area contributed by atoms with E-state index in [9.17, 15) is 0 Å². The Morgan fingerprint density at radius 2 is 1.60 bits per heavy atom. The zero-order valence-electron chi connectivity index (χ0n) is 11.4. The first kappa shape index (κ1) is 15.0. The highest BCUT2D eigenvalue weighted by atomic mass is 127. The molecule has 0 heterocycles. The van der Waals surface area contributed by atoms with E-state index in [1.54, 1.807) is 0 Å². The van der Waals surface area contributed by atoms with Gasteiger partial charge in [0.25, 0.3) is 0 Å². The van der Waals surface area contributed by atoms with Gasteiger partial charge in [-0.1, -0.05) is 12.1 Å². The molecule has 0 atom stereocenters. The molecule has 0 aliphatic rings. The van der Waals surface area contributed by atoms with Gasteiger partial charge in [-0.15, -0.1) is 0 Å². The Hall–Kier alpha value is -1.43. The summed E-state index contributed by atoms with van der Waals surface area (Å²) in [6.07, 6.45) is 0. The zero-order chi connectivity index (χ0) is 14.2. The molecule has 0 spiro atoms. The molecule has 1 N–H and O–H groups in total. The van der Waals surface area contributed by atoms with Crippen LogP contribution in [0.25, 0.3) is 0 Å². The van der Waals surface area contributed by atoms with Crippen molar-refractivity contribution in [2.45, 2.75) is 6.92 Å². The van der Waals surface area contributed by atoms with Gasteiger partial charge in [-0.25, -0.2) is 0 Å². The quantitative estimate of drug-likeness (QED) is 0.575. The van der Waals surface area contributed by atoms with E-state index in [0.717, 1.165) is 23.7 Å². The first-order valence-electron chi connectivity index (χ1n) is 6.63. The summed E-state index contributed by atoms with van der Waals surface area (Å²) in [4.78, 5) is 0. The van der Waals surface area contributed by atoms with Crippen LogP contribution in [0.3, 0.4) is 0 Å². The number of halogens is 1. The number of ether oxygens (including phenoxy) is 2. The number of benzene rings is 2. The topological polar surface area (TPSA) is 30.5 Å². The summed E-state index contributed by atoms with van der Waals surface area (Å²) in [5.41, 5.74) is 1.10. The van der Waals surface area contributed by atoms with Crippen molar-refractivity contribution in [1.29, 1.82) is 0 Å². The van der Waals surface area contributed by atoms with E-state index >= 15 is 0 Å². The largest absolute Gasteiger partial charge is 0.490 e. The summed E-state index contributed by atoms with van der Waals surface area (Å²) in [6, 6.07) is 16.0. The summed E-state index contributed by atoms with van der Waals surface area (Å²) in [5.74, 6) is 1.59. The predicted octanol–water partition coefficient (Wildman–Crippen LogP) is 4.18. The lowest BCUT2D eigenvalue weighted by molar-refractivity contribution is 0.284. The molecule has 0 saturated heterocycles. The van der Waals surface area contributed by atoms with E-state index in [4.69, 9.17) is 9.47 Å². The van der Waals surface area contributed by atoms with E-state index in [1.165, 1.54) is 3.57 Å². The van der Waals surface area contributed by atoms with Gasteiger partial charge >= 0.3 is 0 Å². The molecule has 0 fully saturated rings. The fourth-order valence-electron chi connectivity index (χ4n) is 1.77. The lowest BCUT2D eigenvalue weighted by Crippen LogP contribution is -2.12. The average Bonchev–Trinajstić information content (AvgIpc) is 2.47. The van der Waals surface area contributed by atoms with Crippen molar-refractivity contribution in [3.63, 3.8) is 0 Å². The van der Waals surface area contributed by atoms with E-state index < -0.39 is 0 Å². The van der Waals surface area contributed by atoms with Crippen LogP contribution in [0.4, 0.5) is 5.69 Å². The van der Waals surface area contributed by atoms with Gasteiger partial charge in [0.15, 0.2) is 11.5 Å². The number of nitrogens with one attached hydrogen (secondary N) is 1. The van der Waals surface area contributed by atoms with Crippen LogP contribution in [0.5, 0.6) is 11.5 Å². The Morgan fingerprint density at radius 3 is 2.25 bits per heavy atom. The molecule has 4 heteroatoms. The maximum absolute atomic E-state index is 5.75. The third-order valence-electron chi connectivity index (χ3n) is 2.68. The second kappa shape index (κ2) is 7.99. The van der Waals surface area contributed by atoms with Crippen molar-refractivity contribution in [2.24, 2.45) is 0 Å². The molecular formula is C16H18INO2. The van der Waals surface area contributed by atoms with Crippen molar-refractivity contribution >= 4 is 28.3 Å². The molecule has 0 saturated carbocycles. The number of rotatable bonds is 7. The summed E-state index contributed by atoms with van der Waals surface area (Å²) >= 11 is 2.29. The number of anilines is 1. The molecule has 0 aliphatic carbocycles. The van der Waals surface area contributed by atoms with Crippen LogP contribution >= 0.6 is 22.6 Å². The standard InChI is InChI=1S/C16H18INO2/c1-2-19-15-5-3-4-6-16(15)20-12-11-18-14-9-7-13(17)8-10-14/h3-10,18H,2,11-12H2,1H3. The lowest BCUT2D eigenvalue weighted by atomic mass is 10.3. The molecule has 0 unspecified atom stereocenters. The molecule has 106 valence electrons. The highest BCUT2D eigenvalue weighted by Crippen LogP contribution is 2.26. The van der Waals surface area contributed by atoms with Crippen molar-refractivity contribution in [3.05, 3.63) is 52.1 Å². The van der Waals surface area contributed by atoms with E-state index in [2.05, 4.69) is 52.2 Å². The van der Waals surface area contributed by atoms with E-state index in [0.29, 0.717) is 13.2 Å². The molecular weight excluding hydrogens is 365 g/mol. The first-order chi connectivity index (χ1) is 9.79. The van der Waals surface area contributed by atoms with Crippen LogP contribution in [-0.2, 0) is 0 Å². The van der Waals surface area contributed by atoms with Gasteiger partial charge in [-0.3, -0.25) is 0 Å². The number of para-hydroxylation sites is 2. The predicted molar refractivity (Wildman–Crippen MR) is 90.8 cm³/mol. The highest BCUT2D eigenvalue weighted by Gasteiger charge is 2.02. The summed E-state index contributed by atoms with van der Waals surface area (Å²) in [6.45, 7) is 3.95.